The van der Waals surface area contributed by atoms with Crippen LogP contribution >= 0.6 is 15.9 Å². The molecule has 0 N–H and O–H groups in total. The highest BCUT2D eigenvalue weighted by atomic mass is 79.9. The molecule has 1 aromatic heterocycles. The Morgan fingerprint density at radius 1 is 1.09 bits per heavy atom. The smallest absolute Gasteiger partial charge is 0.333 e. The van der Waals surface area contributed by atoms with Crippen LogP contribution in [0.25, 0.3) is 5.69 Å². The molecule has 1 heterocycles. The lowest BCUT2D eigenvalue weighted by Gasteiger charge is -2.14. The van der Waals surface area contributed by atoms with Gasteiger partial charge in [0.1, 0.15) is 5.75 Å². The van der Waals surface area contributed by atoms with Gasteiger partial charge in [-0.15, -0.1) is 0 Å². The largest absolute Gasteiger partial charge is 0.497 e. The van der Waals surface area contributed by atoms with E-state index in [1.807, 2.05) is 61.7 Å². The van der Waals surface area contributed by atoms with E-state index in [4.69, 9.17) is 4.74 Å². The van der Waals surface area contributed by atoms with Crippen molar-refractivity contribution in [3.8, 4) is 11.4 Å². The zero-order chi connectivity index (χ0) is 16.4. The van der Waals surface area contributed by atoms with Crippen LogP contribution < -0.4 is 10.4 Å². The van der Waals surface area contributed by atoms with Gasteiger partial charge in [-0.1, -0.05) is 28.1 Å². The van der Waals surface area contributed by atoms with Crippen LogP contribution in [0.15, 0.2) is 70.2 Å². The monoisotopic (exact) mass is 372 g/mol. The highest BCUT2D eigenvalue weighted by molar-refractivity contribution is 9.10. The Hall–Kier alpha value is -2.27. The lowest BCUT2D eigenvalue weighted by molar-refractivity contribution is 0.413. The lowest BCUT2D eigenvalue weighted by atomic mass is 10.1. The normalized spacial score (nSPS) is 12.1. The molecule has 118 valence electrons. The minimum absolute atomic E-state index is 0.0670. The SMILES string of the molecule is COc1cccc(C(C)n2ccn(-c3ccc(Br)cc3)c2=O)c1. The lowest BCUT2D eigenvalue weighted by Crippen LogP contribution is -2.25. The highest BCUT2D eigenvalue weighted by Crippen LogP contribution is 2.21. The van der Waals surface area contributed by atoms with Gasteiger partial charge in [-0.2, -0.15) is 0 Å². The predicted molar refractivity (Wildman–Crippen MR) is 94.5 cm³/mol. The molecule has 1 atom stereocenters. The summed E-state index contributed by atoms with van der Waals surface area (Å²) in [6, 6.07) is 15.4. The second kappa shape index (κ2) is 6.46. The zero-order valence-corrected chi connectivity index (χ0v) is 14.5. The molecular formula is C18H17BrN2O2. The summed E-state index contributed by atoms with van der Waals surface area (Å²) in [7, 11) is 1.64. The molecule has 0 bridgehead atoms. The maximum Gasteiger partial charge on any atom is 0.333 e. The predicted octanol–water partition coefficient (Wildman–Crippen LogP) is 4.02. The van der Waals surface area contributed by atoms with E-state index in [2.05, 4.69) is 15.9 Å². The fourth-order valence-electron chi connectivity index (χ4n) is 2.55. The van der Waals surface area contributed by atoms with Gasteiger partial charge in [-0.3, -0.25) is 9.13 Å². The van der Waals surface area contributed by atoms with E-state index in [-0.39, 0.29) is 11.7 Å². The molecule has 0 amide bonds. The second-order valence-electron chi connectivity index (χ2n) is 5.29. The summed E-state index contributed by atoms with van der Waals surface area (Å²) in [5.41, 5.74) is 1.80. The molecule has 0 spiro atoms. The number of imidazole rings is 1. The number of rotatable bonds is 4. The number of ether oxygens (including phenoxy) is 1. The van der Waals surface area contributed by atoms with E-state index >= 15 is 0 Å². The molecule has 0 aliphatic heterocycles. The van der Waals surface area contributed by atoms with Gasteiger partial charge in [0.15, 0.2) is 0 Å². The average Bonchev–Trinajstić information content (AvgIpc) is 2.96. The first-order chi connectivity index (χ1) is 11.1. The Balaban J connectivity index is 1.98. The molecule has 0 radical (unpaired) electrons. The van der Waals surface area contributed by atoms with Gasteiger partial charge in [0.05, 0.1) is 18.8 Å². The standard InChI is InChI=1S/C18H17BrN2O2/c1-13(14-4-3-5-17(12-14)23-2)20-10-11-21(18(20)22)16-8-6-15(19)7-9-16/h3-13H,1-2H3. The average molecular weight is 373 g/mol. The van der Waals surface area contributed by atoms with Crippen LogP contribution in [0.5, 0.6) is 5.75 Å². The maximum atomic E-state index is 12.7. The Morgan fingerprint density at radius 2 is 1.83 bits per heavy atom. The van der Waals surface area contributed by atoms with Gasteiger partial charge >= 0.3 is 5.69 Å². The van der Waals surface area contributed by atoms with Crippen molar-refractivity contribution in [1.82, 2.24) is 9.13 Å². The third-order valence-corrected chi connectivity index (χ3v) is 4.43. The Bertz CT molecular complexity index is 865. The highest BCUT2D eigenvalue weighted by Gasteiger charge is 2.13. The Morgan fingerprint density at radius 3 is 2.52 bits per heavy atom. The molecule has 1 unspecified atom stereocenters. The van der Waals surface area contributed by atoms with Crippen molar-refractivity contribution in [2.45, 2.75) is 13.0 Å². The number of benzene rings is 2. The third-order valence-electron chi connectivity index (χ3n) is 3.90. The first kappa shape index (κ1) is 15.6. The molecule has 4 nitrogen and oxygen atoms in total. The topological polar surface area (TPSA) is 36.2 Å². The van der Waals surface area contributed by atoms with Crippen LogP contribution in [0.4, 0.5) is 0 Å². The van der Waals surface area contributed by atoms with Gasteiger partial charge in [0.25, 0.3) is 0 Å². The Kier molecular flexibility index (Phi) is 4.39. The number of hydrogen-bond acceptors (Lipinski definition) is 2. The fourth-order valence-corrected chi connectivity index (χ4v) is 2.81. The van der Waals surface area contributed by atoms with Gasteiger partial charge < -0.3 is 4.74 Å². The number of hydrogen-bond donors (Lipinski definition) is 0. The first-order valence-electron chi connectivity index (χ1n) is 7.29. The minimum atomic E-state index is -0.0747. The van der Waals surface area contributed by atoms with Gasteiger partial charge in [0, 0.05) is 16.9 Å². The van der Waals surface area contributed by atoms with Crippen LogP contribution in [0.3, 0.4) is 0 Å². The van der Waals surface area contributed by atoms with Crippen LogP contribution in [-0.2, 0) is 0 Å². The molecule has 3 rings (SSSR count). The molecule has 0 aliphatic rings. The summed E-state index contributed by atoms with van der Waals surface area (Å²) in [6.45, 7) is 2.00. The second-order valence-corrected chi connectivity index (χ2v) is 6.20. The van der Waals surface area contributed by atoms with Crippen molar-refractivity contribution in [3.63, 3.8) is 0 Å². The van der Waals surface area contributed by atoms with Crippen molar-refractivity contribution < 1.29 is 4.74 Å². The number of methoxy groups -OCH3 is 1. The van der Waals surface area contributed by atoms with Gasteiger partial charge in [-0.05, 0) is 48.9 Å². The molecule has 0 aliphatic carbocycles. The first-order valence-corrected chi connectivity index (χ1v) is 8.09. The van der Waals surface area contributed by atoms with E-state index < -0.39 is 0 Å². The zero-order valence-electron chi connectivity index (χ0n) is 12.9. The molecule has 0 saturated carbocycles. The number of halogens is 1. The summed E-state index contributed by atoms with van der Waals surface area (Å²) in [4.78, 5) is 12.7. The van der Waals surface area contributed by atoms with Gasteiger partial charge in [0.2, 0.25) is 0 Å². The van der Waals surface area contributed by atoms with Gasteiger partial charge in [-0.25, -0.2) is 4.79 Å². The van der Waals surface area contributed by atoms with Crippen LogP contribution in [0, 0.1) is 0 Å². The van der Waals surface area contributed by atoms with Crippen molar-refractivity contribution >= 4 is 15.9 Å². The molecule has 5 heteroatoms. The molecule has 23 heavy (non-hydrogen) atoms. The van der Waals surface area contributed by atoms with Crippen LogP contribution in [0.2, 0.25) is 0 Å². The minimum Gasteiger partial charge on any atom is -0.497 e. The van der Waals surface area contributed by atoms with E-state index in [0.29, 0.717) is 0 Å². The van der Waals surface area contributed by atoms with Crippen LogP contribution in [-0.4, -0.2) is 16.2 Å². The maximum absolute atomic E-state index is 12.7. The van der Waals surface area contributed by atoms with E-state index in [1.165, 1.54) is 0 Å². The molecule has 2 aromatic carbocycles. The van der Waals surface area contributed by atoms with E-state index in [9.17, 15) is 4.79 Å². The van der Waals surface area contributed by atoms with Crippen molar-refractivity contribution in [2.75, 3.05) is 7.11 Å². The van der Waals surface area contributed by atoms with Crippen molar-refractivity contribution in [2.24, 2.45) is 0 Å². The summed E-state index contributed by atoms with van der Waals surface area (Å²) in [6.07, 6.45) is 3.61. The molecule has 3 aromatic rings. The summed E-state index contributed by atoms with van der Waals surface area (Å²) in [5, 5.41) is 0. The third kappa shape index (κ3) is 3.10. The number of aromatic nitrogens is 2. The summed E-state index contributed by atoms with van der Waals surface area (Å²) in [5.74, 6) is 0.787. The number of nitrogens with zero attached hydrogens (tertiary/aromatic N) is 2. The summed E-state index contributed by atoms with van der Waals surface area (Å²) >= 11 is 3.40. The van der Waals surface area contributed by atoms with Crippen LogP contribution in [0.1, 0.15) is 18.5 Å². The van der Waals surface area contributed by atoms with Crippen molar-refractivity contribution in [1.29, 1.82) is 0 Å². The molecule has 0 saturated heterocycles. The quantitative estimate of drug-likeness (QED) is 0.693. The fraction of sp³-hybridized carbons (Fsp3) is 0.167. The molecule has 0 fully saturated rings. The van der Waals surface area contributed by atoms with Crippen molar-refractivity contribution in [3.05, 3.63) is 81.4 Å². The molecular weight excluding hydrogens is 356 g/mol. The summed E-state index contributed by atoms with van der Waals surface area (Å²) < 4.78 is 9.61. The Labute approximate surface area is 143 Å². The van der Waals surface area contributed by atoms with E-state index in [1.54, 1.807) is 22.4 Å². The van der Waals surface area contributed by atoms with E-state index in [0.717, 1.165) is 21.5 Å².